The van der Waals surface area contributed by atoms with Gasteiger partial charge in [-0.15, -0.1) is 0 Å². The van der Waals surface area contributed by atoms with Crippen LogP contribution in [0.4, 0.5) is 0 Å². The number of aliphatic hydroxyl groups is 1. The highest BCUT2D eigenvalue weighted by Crippen LogP contribution is 2.28. The molecule has 0 aliphatic heterocycles. The summed E-state index contributed by atoms with van der Waals surface area (Å²) in [5.41, 5.74) is 2.68. The van der Waals surface area contributed by atoms with Crippen LogP contribution >= 0.6 is 34.8 Å². The van der Waals surface area contributed by atoms with E-state index in [1.807, 2.05) is 25.1 Å². The van der Waals surface area contributed by atoms with E-state index in [1.165, 1.54) is 0 Å². The Morgan fingerprint density at radius 1 is 1.00 bits per heavy atom. The fraction of sp³-hybridized carbons (Fsp3) is 0.200. The largest absolute Gasteiger partial charge is 0.388 e. The van der Waals surface area contributed by atoms with Crippen LogP contribution in [0.25, 0.3) is 0 Å². The molecule has 1 atom stereocenters. The summed E-state index contributed by atoms with van der Waals surface area (Å²) in [5, 5.41) is 11.9. The summed E-state index contributed by atoms with van der Waals surface area (Å²) in [5.74, 6) is 0. The van der Waals surface area contributed by atoms with E-state index in [4.69, 9.17) is 34.8 Å². The number of aliphatic hydroxyl groups excluding tert-OH is 1. The fourth-order valence-electron chi connectivity index (χ4n) is 1.91. The molecular weight excluding hydrogens is 303 g/mol. The van der Waals surface area contributed by atoms with Crippen LogP contribution in [0.3, 0.4) is 0 Å². The third-order valence-corrected chi connectivity index (χ3v) is 3.68. The Morgan fingerprint density at radius 2 is 1.63 bits per heavy atom. The molecule has 1 unspecified atom stereocenters. The Hall–Kier alpha value is -0.730. The van der Waals surface area contributed by atoms with Crippen molar-refractivity contribution >= 4 is 34.8 Å². The molecule has 2 aromatic rings. The van der Waals surface area contributed by atoms with Gasteiger partial charge in [0.1, 0.15) is 0 Å². The minimum atomic E-state index is -0.684. The third kappa shape index (κ3) is 3.87. The van der Waals surface area contributed by atoms with Crippen LogP contribution in [0, 0.1) is 6.92 Å². The minimum Gasteiger partial charge on any atom is -0.388 e. The van der Waals surface area contributed by atoms with E-state index < -0.39 is 6.10 Å². The van der Waals surface area contributed by atoms with E-state index in [0.717, 1.165) is 11.1 Å². The van der Waals surface area contributed by atoms with Gasteiger partial charge in [0.05, 0.1) is 6.10 Å². The number of rotatable bonds is 3. The summed E-state index contributed by atoms with van der Waals surface area (Å²) >= 11 is 18.0. The van der Waals surface area contributed by atoms with Gasteiger partial charge in [0.2, 0.25) is 0 Å². The van der Waals surface area contributed by atoms with Crippen LogP contribution in [0.15, 0.2) is 36.4 Å². The lowest BCUT2D eigenvalue weighted by Gasteiger charge is -2.13. The van der Waals surface area contributed by atoms with Gasteiger partial charge in [0.15, 0.2) is 0 Å². The van der Waals surface area contributed by atoms with Crippen molar-refractivity contribution in [1.82, 2.24) is 0 Å². The highest BCUT2D eigenvalue weighted by atomic mass is 35.5. The summed E-state index contributed by atoms with van der Waals surface area (Å²) in [6.07, 6.45) is -0.258. The fourth-order valence-corrected chi connectivity index (χ4v) is 2.77. The molecular formula is C15H13Cl3O. The Kier molecular flexibility index (Phi) is 4.75. The Morgan fingerprint density at radius 3 is 2.21 bits per heavy atom. The van der Waals surface area contributed by atoms with Crippen LogP contribution in [0.1, 0.15) is 22.8 Å². The lowest BCUT2D eigenvalue weighted by atomic mass is 10.0. The van der Waals surface area contributed by atoms with Crippen molar-refractivity contribution in [3.63, 3.8) is 0 Å². The number of halogens is 3. The van der Waals surface area contributed by atoms with Crippen LogP contribution < -0.4 is 0 Å². The first-order valence-electron chi connectivity index (χ1n) is 5.85. The predicted octanol–water partition coefficient (Wildman–Crippen LogP) is 5.23. The van der Waals surface area contributed by atoms with Crippen molar-refractivity contribution in [3.8, 4) is 0 Å². The smallest absolute Gasteiger partial charge is 0.0831 e. The maximum Gasteiger partial charge on any atom is 0.0831 e. The van der Waals surface area contributed by atoms with E-state index in [1.54, 1.807) is 18.2 Å². The molecule has 0 saturated carbocycles. The third-order valence-electron chi connectivity index (χ3n) is 2.89. The number of aryl methyl sites for hydroxylation is 1. The standard InChI is InChI=1S/C15H13Cl3O/c1-9-2-3-10(14(18)4-9)7-15(19)11-5-12(16)8-13(17)6-11/h2-6,8,15,19H,7H2,1H3. The molecule has 0 bridgehead atoms. The van der Waals surface area contributed by atoms with Crippen LogP contribution in [0.5, 0.6) is 0 Å². The second-order valence-electron chi connectivity index (χ2n) is 4.52. The van der Waals surface area contributed by atoms with Gasteiger partial charge < -0.3 is 5.11 Å². The highest BCUT2D eigenvalue weighted by molar-refractivity contribution is 6.34. The summed E-state index contributed by atoms with van der Waals surface area (Å²) in [6.45, 7) is 1.98. The zero-order valence-corrected chi connectivity index (χ0v) is 12.6. The molecule has 0 aliphatic carbocycles. The molecule has 1 N–H and O–H groups in total. The molecule has 2 aromatic carbocycles. The molecule has 0 spiro atoms. The molecule has 0 aromatic heterocycles. The lowest BCUT2D eigenvalue weighted by Crippen LogP contribution is -2.02. The summed E-state index contributed by atoms with van der Waals surface area (Å²) in [7, 11) is 0. The lowest BCUT2D eigenvalue weighted by molar-refractivity contribution is 0.178. The molecule has 0 amide bonds. The molecule has 0 heterocycles. The van der Waals surface area contributed by atoms with Crippen molar-refractivity contribution in [3.05, 3.63) is 68.2 Å². The van der Waals surface area contributed by atoms with Gasteiger partial charge in [-0.2, -0.15) is 0 Å². The number of hydrogen-bond donors (Lipinski definition) is 1. The monoisotopic (exact) mass is 314 g/mol. The molecule has 1 nitrogen and oxygen atoms in total. The summed E-state index contributed by atoms with van der Waals surface area (Å²) in [4.78, 5) is 0. The van der Waals surface area contributed by atoms with Crippen molar-refractivity contribution in [1.29, 1.82) is 0 Å². The van der Waals surface area contributed by atoms with Gasteiger partial charge in [-0.3, -0.25) is 0 Å². The normalized spacial score (nSPS) is 12.5. The van der Waals surface area contributed by atoms with Crippen LogP contribution in [-0.2, 0) is 6.42 Å². The van der Waals surface area contributed by atoms with E-state index in [-0.39, 0.29) is 0 Å². The molecule has 100 valence electrons. The van der Waals surface area contributed by atoms with Crippen LogP contribution in [-0.4, -0.2) is 5.11 Å². The second-order valence-corrected chi connectivity index (χ2v) is 5.80. The predicted molar refractivity (Wildman–Crippen MR) is 81.3 cm³/mol. The van der Waals surface area contributed by atoms with Gasteiger partial charge >= 0.3 is 0 Å². The van der Waals surface area contributed by atoms with Gasteiger partial charge in [-0.05, 0) is 47.9 Å². The highest BCUT2D eigenvalue weighted by Gasteiger charge is 2.12. The van der Waals surface area contributed by atoms with Crippen molar-refractivity contribution < 1.29 is 5.11 Å². The number of benzene rings is 2. The molecule has 0 aliphatic rings. The second kappa shape index (κ2) is 6.15. The molecule has 0 fully saturated rings. The molecule has 0 radical (unpaired) electrons. The first-order valence-corrected chi connectivity index (χ1v) is 6.98. The maximum absolute atomic E-state index is 10.2. The van der Waals surface area contributed by atoms with E-state index in [9.17, 15) is 5.11 Å². The van der Waals surface area contributed by atoms with Crippen molar-refractivity contribution in [2.45, 2.75) is 19.4 Å². The summed E-state index contributed by atoms with van der Waals surface area (Å²) < 4.78 is 0. The van der Waals surface area contributed by atoms with Crippen LogP contribution in [0.2, 0.25) is 15.1 Å². The van der Waals surface area contributed by atoms with Gasteiger partial charge in [-0.1, -0.05) is 46.9 Å². The molecule has 4 heteroatoms. The Labute approximate surface area is 127 Å². The van der Waals surface area contributed by atoms with E-state index >= 15 is 0 Å². The van der Waals surface area contributed by atoms with Gasteiger partial charge in [-0.25, -0.2) is 0 Å². The zero-order valence-electron chi connectivity index (χ0n) is 10.3. The number of hydrogen-bond acceptors (Lipinski definition) is 1. The maximum atomic E-state index is 10.2. The molecule has 19 heavy (non-hydrogen) atoms. The molecule has 0 saturated heterocycles. The van der Waals surface area contributed by atoms with Gasteiger partial charge in [0, 0.05) is 21.5 Å². The van der Waals surface area contributed by atoms with Crippen molar-refractivity contribution in [2.75, 3.05) is 0 Å². The van der Waals surface area contributed by atoms with E-state index in [2.05, 4.69) is 0 Å². The quantitative estimate of drug-likeness (QED) is 0.822. The zero-order chi connectivity index (χ0) is 14.0. The Balaban J connectivity index is 2.22. The minimum absolute atomic E-state index is 0.426. The topological polar surface area (TPSA) is 20.2 Å². The van der Waals surface area contributed by atoms with E-state index in [0.29, 0.717) is 27.1 Å². The summed E-state index contributed by atoms with van der Waals surface area (Å²) in [6, 6.07) is 10.8. The average Bonchev–Trinajstić information content (AvgIpc) is 2.31. The first kappa shape index (κ1) is 14.7. The first-order chi connectivity index (χ1) is 8.95. The van der Waals surface area contributed by atoms with Crippen molar-refractivity contribution in [2.24, 2.45) is 0 Å². The Bertz CT molecular complexity index is 576. The SMILES string of the molecule is Cc1ccc(CC(O)c2cc(Cl)cc(Cl)c2)c(Cl)c1. The molecule has 2 rings (SSSR count). The van der Waals surface area contributed by atoms with Gasteiger partial charge in [0.25, 0.3) is 0 Å². The average molecular weight is 316 g/mol.